The first-order chi connectivity index (χ1) is 14.2. The zero-order valence-corrected chi connectivity index (χ0v) is 17.2. The minimum Gasteiger partial charge on any atom is -0.465 e. The van der Waals surface area contributed by atoms with E-state index in [-0.39, 0.29) is 25.0 Å². The lowest BCUT2D eigenvalue weighted by atomic mass is 9.95. The van der Waals surface area contributed by atoms with Crippen molar-refractivity contribution in [3.63, 3.8) is 0 Å². The van der Waals surface area contributed by atoms with Crippen LogP contribution in [0.2, 0.25) is 0 Å². The summed E-state index contributed by atoms with van der Waals surface area (Å²) < 4.78 is 7.03. The van der Waals surface area contributed by atoms with E-state index in [1.54, 1.807) is 16.5 Å². The Balaban J connectivity index is 1.85. The standard InChI is InChI=1S/C21H29N5O3/c1-3-25(16-11-7-5-8-12-16)20(27)18(21(28)29-4-2)15-19-22-23-24-26(19)17-13-9-6-10-14-17/h5,7-8,11-12,17-18H,3-4,6,9-10,13-15H2,1-2H3. The van der Waals surface area contributed by atoms with Crippen molar-refractivity contribution in [1.29, 1.82) is 0 Å². The Labute approximate surface area is 171 Å². The van der Waals surface area contributed by atoms with Gasteiger partial charge < -0.3 is 9.64 Å². The summed E-state index contributed by atoms with van der Waals surface area (Å²) in [6.07, 6.45) is 5.66. The minimum absolute atomic E-state index is 0.129. The molecule has 0 radical (unpaired) electrons. The van der Waals surface area contributed by atoms with Gasteiger partial charge in [0, 0.05) is 18.7 Å². The van der Waals surface area contributed by atoms with Gasteiger partial charge in [0.2, 0.25) is 5.91 Å². The molecule has 1 atom stereocenters. The Morgan fingerprint density at radius 2 is 1.90 bits per heavy atom. The number of hydrogen-bond acceptors (Lipinski definition) is 6. The number of benzene rings is 1. The van der Waals surface area contributed by atoms with Crippen LogP contribution in [0.15, 0.2) is 30.3 Å². The van der Waals surface area contributed by atoms with Crippen LogP contribution in [-0.4, -0.2) is 45.2 Å². The Hall–Kier alpha value is -2.77. The number of carbonyl (C=O) groups excluding carboxylic acids is 2. The van der Waals surface area contributed by atoms with Gasteiger partial charge in [-0.15, -0.1) is 5.10 Å². The lowest BCUT2D eigenvalue weighted by Crippen LogP contribution is -2.41. The smallest absolute Gasteiger partial charge is 0.318 e. The zero-order chi connectivity index (χ0) is 20.6. The summed E-state index contributed by atoms with van der Waals surface area (Å²) in [5.74, 6) is -1.25. The van der Waals surface area contributed by atoms with E-state index in [2.05, 4.69) is 15.5 Å². The second-order valence-corrected chi connectivity index (χ2v) is 7.26. The third-order valence-corrected chi connectivity index (χ3v) is 5.39. The fraction of sp³-hybridized carbons (Fsp3) is 0.571. The third kappa shape index (κ3) is 4.99. The maximum absolute atomic E-state index is 13.4. The summed E-state index contributed by atoms with van der Waals surface area (Å²) in [6, 6.07) is 9.57. The monoisotopic (exact) mass is 399 g/mol. The van der Waals surface area contributed by atoms with E-state index >= 15 is 0 Å². The van der Waals surface area contributed by atoms with Gasteiger partial charge in [-0.1, -0.05) is 37.5 Å². The normalized spacial score (nSPS) is 15.7. The van der Waals surface area contributed by atoms with Crippen molar-refractivity contribution in [2.75, 3.05) is 18.1 Å². The molecule has 3 rings (SSSR count). The van der Waals surface area contributed by atoms with Crippen LogP contribution >= 0.6 is 0 Å². The van der Waals surface area contributed by atoms with Gasteiger partial charge in [-0.05, 0) is 49.2 Å². The molecule has 1 heterocycles. The van der Waals surface area contributed by atoms with Crippen molar-refractivity contribution in [2.45, 2.75) is 58.4 Å². The van der Waals surface area contributed by atoms with Crippen LogP contribution in [0.25, 0.3) is 0 Å². The minimum atomic E-state index is -0.983. The molecule has 1 amide bonds. The summed E-state index contributed by atoms with van der Waals surface area (Å²) in [6.45, 7) is 4.29. The molecule has 0 saturated heterocycles. The average Bonchev–Trinajstić information content (AvgIpc) is 3.22. The van der Waals surface area contributed by atoms with Gasteiger partial charge in [-0.2, -0.15) is 0 Å². The highest BCUT2D eigenvalue weighted by Gasteiger charge is 2.35. The Morgan fingerprint density at radius 3 is 2.55 bits per heavy atom. The number of tetrazole rings is 1. The molecule has 8 nitrogen and oxygen atoms in total. The van der Waals surface area contributed by atoms with Crippen molar-refractivity contribution in [2.24, 2.45) is 5.92 Å². The molecule has 1 aliphatic rings. The fourth-order valence-electron chi connectivity index (χ4n) is 3.91. The lowest BCUT2D eigenvalue weighted by molar-refractivity contribution is -0.151. The predicted molar refractivity (Wildman–Crippen MR) is 108 cm³/mol. The molecular weight excluding hydrogens is 370 g/mol. The lowest BCUT2D eigenvalue weighted by Gasteiger charge is -2.26. The molecule has 0 bridgehead atoms. The highest BCUT2D eigenvalue weighted by molar-refractivity contribution is 6.06. The summed E-state index contributed by atoms with van der Waals surface area (Å²) in [4.78, 5) is 27.7. The first kappa shape index (κ1) is 21.0. The quantitative estimate of drug-likeness (QED) is 0.501. The summed E-state index contributed by atoms with van der Waals surface area (Å²) >= 11 is 0. The average molecular weight is 399 g/mol. The molecule has 156 valence electrons. The van der Waals surface area contributed by atoms with Crippen LogP contribution < -0.4 is 4.90 Å². The van der Waals surface area contributed by atoms with E-state index in [1.807, 2.05) is 37.3 Å². The van der Waals surface area contributed by atoms with Gasteiger partial charge in [0.25, 0.3) is 0 Å². The molecule has 29 heavy (non-hydrogen) atoms. The van der Waals surface area contributed by atoms with Gasteiger partial charge in [0.1, 0.15) is 5.92 Å². The molecule has 0 N–H and O–H groups in total. The first-order valence-electron chi connectivity index (χ1n) is 10.5. The van der Waals surface area contributed by atoms with Crippen molar-refractivity contribution < 1.29 is 14.3 Å². The number of nitrogens with zero attached hydrogens (tertiary/aromatic N) is 5. The van der Waals surface area contributed by atoms with Gasteiger partial charge in [-0.25, -0.2) is 4.68 Å². The molecule has 1 unspecified atom stereocenters. The van der Waals surface area contributed by atoms with E-state index in [9.17, 15) is 9.59 Å². The first-order valence-corrected chi connectivity index (χ1v) is 10.5. The molecule has 1 aromatic heterocycles. The summed E-state index contributed by atoms with van der Waals surface area (Å²) in [7, 11) is 0. The molecule has 0 spiro atoms. The number of hydrogen-bond donors (Lipinski definition) is 0. The van der Waals surface area contributed by atoms with E-state index in [1.165, 1.54) is 6.42 Å². The molecule has 1 aromatic carbocycles. The van der Waals surface area contributed by atoms with Crippen molar-refractivity contribution >= 4 is 17.6 Å². The fourth-order valence-corrected chi connectivity index (χ4v) is 3.91. The van der Waals surface area contributed by atoms with Crippen LogP contribution in [0.1, 0.15) is 57.8 Å². The van der Waals surface area contributed by atoms with Crippen LogP contribution in [0.5, 0.6) is 0 Å². The number of amides is 1. The predicted octanol–water partition coefficient (Wildman–Crippen LogP) is 2.95. The van der Waals surface area contributed by atoms with E-state index < -0.39 is 11.9 Å². The topological polar surface area (TPSA) is 90.2 Å². The SMILES string of the molecule is CCOC(=O)C(Cc1nnnn1C1CCCCC1)C(=O)N(CC)c1ccccc1. The van der Waals surface area contributed by atoms with Crippen molar-refractivity contribution in [3.05, 3.63) is 36.2 Å². The van der Waals surface area contributed by atoms with Gasteiger partial charge in [-0.3, -0.25) is 9.59 Å². The maximum atomic E-state index is 13.4. The molecule has 1 fully saturated rings. The molecule has 1 saturated carbocycles. The van der Waals surface area contributed by atoms with E-state index in [4.69, 9.17) is 4.74 Å². The molecular formula is C21H29N5O3. The highest BCUT2D eigenvalue weighted by Crippen LogP contribution is 2.28. The molecule has 1 aliphatic carbocycles. The Bertz CT molecular complexity index is 802. The number of para-hydroxylation sites is 1. The van der Waals surface area contributed by atoms with Crippen molar-refractivity contribution in [3.8, 4) is 0 Å². The number of aromatic nitrogens is 4. The summed E-state index contributed by atoms with van der Waals surface area (Å²) in [5.41, 5.74) is 0.751. The second-order valence-electron chi connectivity index (χ2n) is 7.26. The Kier molecular flexibility index (Phi) is 7.32. The highest BCUT2D eigenvalue weighted by atomic mass is 16.5. The molecule has 0 aliphatic heterocycles. The number of carbonyl (C=O) groups is 2. The molecule has 8 heteroatoms. The van der Waals surface area contributed by atoms with Crippen LogP contribution in [0, 0.1) is 5.92 Å². The van der Waals surface area contributed by atoms with Gasteiger partial charge >= 0.3 is 5.97 Å². The van der Waals surface area contributed by atoms with E-state index in [0.717, 1.165) is 31.4 Å². The Morgan fingerprint density at radius 1 is 1.17 bits per heavy atom. The van der Waals surface area contributed by atoms with Crippen LogP contribution in [0.4, 0.5) is 5.69 Å². The van der Waals surface area contributed by atoms with Crippen molar-refractivity contribution in [1.82, 2.24) is 20.2 Å². The second kappa shape index (κ2) is 10.1. The van der Waals surface area contributed by atoms with Crippen LogP contribution in [-0.2, 0) is 20.7 Å². The van der Waals surface area contributed by atoms with Gasteiger partial charge in [0.05, 0.1) is 12.6 Å². The largest absolute Gasteiger partial charge is 0.465 e. The number of ether oxygens (including phenoxy) is 1. The number of esters is 1. The maximum Gasteiger partial charge on any atom is 0.318 e. The summed E-state index contributed by atoms with van der Waals surface area (Å²) in [5, 5.41) is 12.1. The third-order valence-electron chi connectivity index (χ3n) is 5.39. The van der Waals surface area contributed by atoms with E-state index in [0.29, 0.717) is 12.4 Å². The molecule has 2 aromatic rings. The van der Waals surface area contributed by atoms with Crippen LogP contribution in [0.3, 0.4) is 0 Å². The number of anilines is 1. The van der Waals surface area contributed by atoms with Gasteiger partial charge in [0.15, 0.2) is 5.82 Å². The zero-order valence-electron chi connectivity index (χ0n) is 17.2. The number of rotatable bonds is 8.